The molecule has 1 amide bonds. The highest BCUT2D eigenvalue weighted by atomic mass is 16.5. The number of carboxylic acids is 1. The Hall–Kier alpha value is -2.82. The molecular formula is C20H21NO4. The summed E-state index contributed by atoms with van der Waals surface area (Å²) in [5, 5.41) is 11.9. The topological polar surface area (TPSA) is 75.6 Å². The number of rotatable bonds is 4. The van der Waals surface area contributed by atoms with Crippen LogP contribution in [0.2, 0.25) is 0 Å². The van der Waals surface area contributed by atoms with E-state index in [1.807, 2.05) is 26.0 Å². The Kier molecular flexibility index (Phi) is 4.49. The first-order valence-electron chi connectivity index (χ1n) is 8.24. The number of carbonyl (C=O) groups excluding carboxylic acids is 1. The minimum atomic E-state index is -0.873. The van der Waals surface area contributed by atoms with Gasteiger partial charge in [0.15, 0.2) is 0 Å². The van der Waals surface area contributed by atoms with Crippen molar-refractivity contribution in [2.24, 2.45) is 0 Å². The predicted octanol–water partition coefficient (Wildman–Crippen LogP) is 3.61. The molecule has 0 saturated carbocycles. The van der Waals surface area contributed by atoms with Gasteiger partial charge in [-0.15, -0.1) is 0 Å². The average molecular weight is 339 g/mol. The van der Waals surface area contributed by atoms with Gasteiger partial charge < -0.3 is 15.2 Å². The number of hydrogen-bond acceptors (Lipinski definition) is 3. The maximum atomic E-state index is 12.6. The van der Waals surface area contributed by atoms with Gasteiger partial charge in [0.05, 0.1) is 5.92 Å². The van der Waals surface area contributed by atoms with E-state index in [9.17, 15) is 9.59 Å². The van der Waals surface area contributed by atoms with Crippen molar-refractivity contribution in [3.63, 3.8) is 0 Å². The first-order valence-corrected chi connectivity index (χ1v) is 8.24. The molecule has 5 nitrogen and oxygen atoms in total. The number of amides is 1. The summed E-state index contributed by atoms with van der Waals surface area (Å²) < 4.78 is 5.66. The first-order chi connectivity index (χ1) is 11.9. The van der Waals surface area contributed by atoms with E-state index in [1.54, 1.807) is 31.2 Å². The fourth-order valence-corrected chi connectivity index (χ4v) is 2.92. The van der Waals surface area contributed by atoms with Crippen LogP contribution in [0.1, 0.15) is 41.0 Å². The Morgan fingerprint density at radius 1 is 1.16 bits per heavy atom. The number of carbonyl (C=O) groups is 2. The van der Waals surface area contributed by atoms with Gasteiger partial charge in [-0.2, -0.15) is 0 Å². The summed E-state index contributed by atoms with van der Waals surface area (Å²) in [7, 11) is 0. The molecule has 2 N–H and O–H groups in total. The summed E-state index contributed by atoms with van der Waals surface area (Å²) in [6.45, 7) is 6.00. The van der Waals surface area contributed by atoms with Crippen LogP contribution in [0.15, 0.2) is 36.4 Å². The van der Waals surface area contributed by atoms with Crippen LogP contribution < -0.4 is 10.1 Å². The van der Waals surface area contributed by atoms with Crippen molar-refractivity contribution in [1.82, 2.24) is 0 Å². The van der Waals surface area contributed by atoms with Crippen LogP contribution in [0.3, 0.4) is 0 Å². The summed E-state index contributed by atoms with van der Waals surface area (Å²) in [5.41, 5.74) is 4.53. The van der Waals surface area contributed by atoms with Crippen molar-refractivity contribution in [2.45, 2.75) is 32.6 Å². The second-order valence-corrected chi connectivity index (χ2v) is 6.51. The molecule has 3 rings (SSSR count). The molecule has 0 radical (unpaired) electrons. The van der Waals surface area contributed by atoms with Crippen molar-refractivity contribution in [3.8, 4) is 5.75 Å². The van der Waals surface area contributed by atoms with Crippen LogP contribution in [0.5, 0.6) is 5.75 Å². The third kappa shape index (κ3) is 3.36. The molecule has 1 heterocycles. The molecular weight excluding hydrogens is 318 g/mol. The Morgan fingerprint density at radius 2 is 1.80 bits per heavy atom. The van der Waals surface area contributed by atoms with Crippen LogP contribution in [0, 0.1) is 13.8 Å². The first kappa shape index (κ1) is 17.0. The fourth-order valence-electron chi connectivity index (χ4n) is 2.92. The van der Waals surface area contributed by atoms with Crippen molar-refractivity contribution >= 4 is 17.6 Å². The molecule has 1 aliphatic heterocycles. The maximum Gasteiger partial charge on any atom is 0.310 e. The van der Waals surface area contributed by atoms with E-state index < -0.39 is 11.9 Å². The summed E-state index contributed by atoms with van der Waals surface area (Å²) in [5.74, 6) is -1.14. The van der Waals surface area contributed by atoms with Crippen molar-refractivity contribution in [1.29, 1.82) is 0 Å². The van der Waals surface area contributed by atoms with Gasteiger partial charge in [-0.1, -0.05) is 18.2 Å². The second kappa shape index (κ2) is 6.59. The zero-order valence-corrected chi connectivity index (χ0v) is 14.5. The SMILES string of the molecule is Cc1cc2c(cc1C)C(C(=O)Nc1ccc(C(C)C(=O)O)cc1)CO2. The van der Waals surface area contributed by atoms with Gasteiger partial charge in [0.2, 0.25) is 5.91 Å². The molecule has 130 valence electrons. The van der Waals surface area contributed by atoms with Gasteiger partial charge >= 0.3 is 5.97 Å². The standard InChI is InChI=1S/C20H21NO4/c1-11-8-16-17(10-25-18(16)9-12(11)2)19(22)21-15-6-4-14(5-7-15)13(3)20(23)24/h4-9,13,17H,10H2,1-3H3,(H,21,22)(H,23,24). The number of aryl methyl sites for hydroxylation is 2. The highest BCUT2D eigenvalue weighted by Gasteiger charge is 2.31. The molecule has 2 unspecified atom stereocenters. The highest BCUT2D eigenvalue weighted by molar-refractivity contribution is 5.97. The Morgan fingerprint density at radius 3 is 2.44 bits per heavy atom. The molecule has 0 bridgehead atoms. The zero-order chi connectivity index (χ0) is 18.1. The monoisotopic (exact) mass is 339 g/mol. The Bertz CT molecular complexity index is 826. The van der Waals surface area contributed by atoms with E-state index in [2.05, 4.69) is 5.32 Å². The second-order valence-electron chi connectivity index (χ2n) is 6.51. The average Bonchev–Trinajstić information content (AvgIpc) is 2.98. The molecule has 0 saturated heterocycles. The van der Waals surface area contributed by atoms with Crippen molar-refractivity contribution in [2.75, 3.05) is 11.9 Å². The molecule has 2 aromatic carbocycles. The van der Waals surface area contributed by atoms with Gasteiger partial charge in [-0.25, -0.2) is 0 Å². The van der Waals surface area contributed by atoms with Gasteiger partial charge in [-0.3, -0.25) is 9.59 Å². The van der Waals surface area contributed by atoms with Crippen LogP contribution in [-0.2, 0) is 9.59 Å². The van der Waals surface area contributed by atoms with Crippen molar-refractivity contribution < 1.29 is 19.4 Å². The normalized spacial score (nSPS) is 16.7. The number of fused-ring (bicyclic) bond motifs is 1. The number of anilines is 1. The molecule has 0 fully saturated rings. The number of aliphatic carboxylic acids is 1. The quantitative estimate of drug-likeness (QED) is 0.892. The summed E-state index contributed by atoms with van der Waals surface area (Å²) in [6.07, 6.45) is 0. The lowest BCUT2D eigenvalue weighted by Gasteiger charge is -2.12. The van der Waals surface area contributed by atoms with Gasteiger partial charge in [0.25, 0.3) is 0 Å². The Labute approximate surface area is 146 Å². The molecule has 25 heavy (non-hydrogen) atoms. The third-order valence-electron chi connectivity index (χ3n) is 4.77. The van der Waals surface area contributed by atoms with Gasteiger partial charge in [-0.05, 0) is 55.7 Å². The number of benzene rings is 2. The highest BCUT2D eigenvalue weighted by Crippen LogP contribution is 2.36. The molecule has 0 aliphatic carbocycles. The van der Waals surface area contributed by atoms with E-state index in [0.717, 1.165) is 22.4 Å². The van der Waals surface area contributed by atoms with Gasteiger partial charge in [0, 0.05) is 11.3 Å². The smallest absolute Gasteiger partial charge is 0.310 e. The predicted molar refractivity (Wildman–Crippen MR) is 95.3 cm³/mol. The molecule has 2 aromatic rings. The fraction of sp³-hybridized carbons (Fsp3) is 0.300. The van der Waals surface area contributed by atoms with Crippen LogP contribution in [0.4, 0.5) is 5.69 Å². The van der Waals surface area contributed by atoms with E-state index in [1.165, 1.54) is 0 Å². The van der Waals surface area contributed by atoms with Crippen LogP contribution in [0.25, 0.3) is 0 Å². The van der Waals surface area contributed by atoms with Crippen LogP contribution >= 0.6 is 0 Å². The molecule has 1 aliphatic rings. The number of nitrogens with one attached hydrogen (secondary N) is 1. The largest absolute Gasteiger partial charge is 0.492 e. The third-order valence-corrected chi connectivity index (χ3v) is 4.77. The lowest BCUT2D eigenvalue weighted by molar-refractivity contribution is -0.138. The minimum Gasteiger partial charge on any atom is -0.492 e. The summed E-state index contributed by atoms with van der Waals surface area (Å²) in [6, 6.07) is 10.9. The number of carboxylic acid groups (broad SMARTS) is 1. The molecule has 0 aromatic heterocycles. The lowest BCUT2D eigenvalue weighted by atomic mass is 9.96. The zero-order valence-electron chi connectivity index (χ0n) is 14.5. The molecule has 5 heteroatoms. The Balaban J connectivity index is 1.74. The summed E-state index contributed by atoms with van der Waals surface area (Å²) >= 11 is 0. The summed E-state index contributed by atoms with van der Waals surface area (Å²) in [4.78, 5) is 23.6. The molecule has 2 atom stereocenters. The molecule has 0 spiro atoms. The van der Waals surface area contributed by atoms with Crippen LogP contribution in [-0.4, -0.2) is 23.6 Å². The van der Waals surface area contributed by atoms with E-state index >= 15 is 0 Å². The van der Waals surface area contributed by atoms with E-state index in [-0.39, 0.29) is 11.8 Å². The van der Waals surface area contributed by atoms with E-state index in [0.29, 0.717) is 17.9 Å². The number of ether oxygens (including phenoxy) is 1. The van der Waals surface area contributed by atoms with Gasteiger partial charge in [0.1, 0.15) is 18.3 Å². The number of hydrogen-bond donors (Lipinski definition) is 2. The lowest BCUT2D eigenvalue weighted by Crippen LogP contribution is -2.22. The maximum absolute atomic E-state index is 12.6. The van der Waals surface area contributed by atoms with Crippen molar-refractivity contribution in [3.05, 3.63) is 58.7 Å². The van der Waals surface area contributed by atoms with E-state index in [4.69, 9.17) is 9.84 Å². The minimum absolute atomic E-state index is 0.124.